The zero-order chi connectivity index (χ0) is 22.6. The van der Waals surface area contributed by atoms with Crippen LogP contribution in [0, 0.1) is 5.92 Å². The number of carboxylic acid groups (broad SMARTS) is 1. The standard InChI is InChI=1S/C24H34N2O5/c1-3-31-22(28)20(14-13-17-9-5-4-6-10-17)26-19-12-8-7-11-18(19)15-24(26,23(29)30)21(27)16(2)25/h4-6,9-10,16,18-20H,3,7-8,11-15,25H2,1-2H3,(H,29,30)/t16?,18?,19?,20-,24-/m0/s1. The summed E-state index contributed by atoms with van der Waals surface area (Å²) in [6, 6.07) is 7.86. The molecule has 1 aromatic carbocycles. The van der Waals surface area contributed by atoms with Crippen molar-refractivity contribution in [3.05, 3.63) is 35.9 Å². The van der Waals surface area contributed by atoms with Crippen molar-refractivity contribution >= 4 is 17.7 Å². The van der Waals surface area contributed by atoms with Crippen molar-refractivity contribution in [2.45, 2.75) is 82.5 Å². The minimum absolute atomic E-state index is 0.0567. The van der Waals surface area contributed by atoms with Crippen LogP contribution in [0.2, 0.25) is 0 Å². The number of likely N-dealkylation sites (tertiary alicyclic amines) is 1. The molecule has 0 amide bonds. The van der Waals surface area contributed by atoms with Crippen molar-refractivity contribution in [2.24, 2.45) is 11.7 Å². The van der Waals surface area contributed by atoms with Gasteiger partial charge in [-0.25, -0.2) is 4.79 Å². The van der Waals surface area contributed by atoms with Gasteiger partial charge < -0.3 is 15.6 Å². The summed E-state index contributed by atoms with van der Waals surface area (Å²) in [6.45, 7) is 3.46. The number of rotatable bonds is 9. The molecule has 1 saturated carbocycles. The summed E-state index contributed by atoms with van der Waals surface area (Å²) in [5.41, 5.74) is 5.20. The topological polar surface area (TPSA) is 110 Å². The Labute approximate surface area is 183 Å². The lowest BCUT2D eigenvalue weighted by Gasteiger charge is -2.42. The average Bonchev–Trinajstić information content (AvgIpc) is 3.10. The molecule has 5 atom stereocenters. The highest BCUT2D eigenvalue weighted by Crippen LogP contribution is 2.48. The Bertz CT molecular complexity index is 796. The number of carbonyl (C=O) groups excluding carboxylic acids is 2. The lowest BCUT2D eigenvalue weighted by molar-refractivity contribution is -0.165. The van der Waals surface area contributed by atoms with E-state index >= 15 is 0 Å². The maximum absolute atomic E-state index is 13.3. The number of esters is 1. The van der Waals surface area contributed by atoms with E-state index in [1.165, 1.54) is 6.92 Å². The number of nitrogens with zero attached hydrogens (tertiary/aromatic N) is 1. The number of benzene rings is 1. The second kappa shape index (κ2) is 9.92. The van der Waals surface area contributed by atoms with Gasteiger partial charge in [-0.15, -0.1) is 0 Å². The molecule has 2 aliphatic rings. The van der Waals surface area contributed by atoms with Gasteiger partial charge in [0.15, 0.2) is 11.3 Å². The molecule has 0 bridgehead atoms. The van der Waals surface area contributed by atoms with Crippen molar-refractivity contribution in [2.75, 3.05) is 6.61 Å². The van der Waals surface area contributed by atoms with E-state index in [-0.39, 0.29) is 25.0 Å². The Hall–Kier alpha value is -2.25. The molecular formula is C24H34N2O5. The van der Waals surface area contributed by atoms with Crippen LogP contribution in [0.1, 0.15) is 57.9 Å². The molecule has 7 heteroatoms. The van der Waals surface area contributed by atoms with Crippen LogP contribution in [-0.2, 0) is 25.5 Å². The van der Waals surface area contributed by atoms with Gasteiger partial charge in [-0.1, -0.05) is 43.2 Å². The van der Waals surface area contributed by atoms with E-state index in [9.17, 15) is 19.5 Å². The molecule has 3 unspecified atom stereocenters. The van der Waals surface area contributed by atoms with Gasteiger partial charge in [0.05, 0.1) is 12.6 Å². The Balaban J connectivity index is 2.04. The molecule has 7 nitrogen and oxygen atoms in total. The van der Waals surface area contributed by atoms with Gasteiger partial charge in [0.1, 0.15) is 6.04 Å². The van der Waals surface area contributed by atoms with Gasteiger partial charge in [-0.05, 0) is 57.4 Å². The fraction of sp³-hybridized carbons (Fsp3) is 0.625. The number of aliphatic carboxylic acids is 1. The molecule has 0 spiro atoms. The van der Waals surface area contributed by atoms with Crippen molar-refractivity contribution in [1.29, 1.82) is 0 Å². The van der Waals surface area contributed by atoms with Crippen LogP contribution in [0.5, 0.6) is 0 Å². The van der Waals surface area contributed by atoms with E-state index in [0.29, 0.717) is 12.8 Å². The fourth-order valence-corrected chi connectivity index (χ4v) is 5.52. The van der Waals surface area contributed by atoms with Gasteiger partial charge in [-0.2, -0.15) is 0 Å². The number of ether oxygens (including phenoxy) is 1. The molecule has 3 N–H and O–H groups in total. The molecule has 1 aliphatic carbocycles. The summed E-state index contributed by atoms with van der Waals surface area (Å²) in [7, 11) is 0. The van der Waals surface area contributed by atoms with Gasteiger partial charge in [-0.3, -0.25) is 14.5 Å². The number of aryl methyl sites for hydroxylation is 1. The maximum atomic E-state index is 13.3. The highest BCUT2D eigenvalue weighted by molar-refractivity contribution is 6.10. The molecule has 31 heavy (non-hydrogen) atoms. The SMILES string of the molecule is CCOC(=O)[C@H](CCc1ccccc1)N1C2CCCCC2C[C@@]1(C(=O)O)C(=O)C(C)N. The molecular weight excluding hydrogens is 396 g/mol. The third-order valence-electron chi connectivity index (χ3n) is 6.84. The van der Waals surface area contributed by atoms with Crippen LogP contribution >= 0.6 is 0 Å². The summed E-state index contributed by atoms with van der Waals surface area (Å²) in [6.07, 6.45) is 4.76. The summed E-state index contributed by atoms with van der Waals surface area (Å²) < 4.78 is 5.38. The summed E-state index contributed by atoms with van der Waals surface area (Å²) in [5.74, 6) is -2.14. The second-order valence-electron chi connectivity index (χ2n) is 8.83. The average molecular weight is 431 g/mol. The first kappa shape index (κ1) is 23.4. The zero-order valence-corrected chi connectivity index (χ0v) is 18.5. The first-order chi connectivity index (χ1) is 14.8. The van der Waals surface area contributed by atoms with Gasteiger partial charge in [0.2, 0.25) is 0 Å². The number of fused-ring (bicyclic) bond motifs is 1. The van der Waals surface area contributed by atoms with Crippen LogP contribution in [0.3, 0.4) is 0 Å². The Morgan fingerprint density at radius 2 is 1.90 bits per heavy atom. The molecule has 1 aromatic rings. The van der Waals surface area contributed by atoms with E-state index in [2.05, 4.69) is 0 Å². The monoisotopic (exact) mass is 430 g/mol. The smallest absolute Gasteiger partial charge is 0.332 e. The number of carbonyl (C=O) groups is 3. The van der Waals surface area contributed by atoms with Gasteiger partial charge in [0.25, 0.3) is 0 Å². The third-order valence-corrected chi connectivity index (χ3v) is 6.84. The second-order valence-corrected chi connectivity index (χ2v) is 8.83. The van der Waals surface area contributed by atoms with Gasteiger partial charge in [0, 0.05) is 6.04 Å². The number of nitrogens with two attached hydrogens (primary N) is 1. The molecule has 3 rings (SSSR count). The predicted molar refractivity (Wildman–Crippen MR) is 116 cm³/mol. The highest BCUT2D eigenvalue weighted by Gasteiger charge is 2.64. The Morgan fingerprint density at radius 3 is 2.52 bits per heavy atom. The van der Waals surface area contributed by atoms with E-state index in [4.69, 9.17) is 10.5 Å². The van der Waals surface area contributed by atoms with Crippen LogP contribution in [0.4, 0.5) is 0 Å². The molecule has 1 saturated heterocycles. The largest absolute Gasteiger partial charge is 0.480 e. The molecule has 1 heterocycles. The maximum Gasteiger partial charge on any atom is 0.332 e. The van der Waals surface area contributed by atoms with Crippen LogP contribution in [-0.4, -0.2) is 58.0 Å². The number of ketones is 1. The van der Waals surface area contributed by atoms with E-state index in [1.807, 2.05) is 30.3 Å². The number of hydrogen-bond acceptors (Lipinski definition) is 6. The van der Waals surface area contributed by atoms with Crippen molar-refractivity contribution in [3.8, 4) is 0 Å². The van der Waals surface area contributed by atoms with Crippen molar-refractivity contribution in [3.63, 3.8) is 0 Å². The third kappa shape index (κ3) is 4.53. The van der Waals surface area contributed by atoms with E-state index < -0.39 is 35.3 Å². The van der Waals surface area contributed by atoms with Crippen molar-refractivity contribution < 1.29 is 24.2 Å². The van der Waals surface area contributed by atoms with Crippen LogP contribution < -0.4 is 5.73 Å². The van der Waals surface area contributed by atoms with Crippen molar-refractivity contribution in [1.82, 2.24) is 4.90 Å². The van der Waals surface area contributed by atoms with Crippen LogP contribution in [0.15, 0.2) is 30.3 Å². The first-order valence-corrected chi connectivity index (χ1v) is 11.3. The quantitative estimate of drug-likeness (QED) is 0.458. The zero-order valence-electron chi connectivity index (χ0n) is 18.5. The Morgan fingerprint density at radius 1 is 1.23 bits per heavy atom. The molecule has 0 radical (unpaired) electrons. The first-order valence-electron chi connectivity index (χ1n) is 11.3. The summed E-state index contributed by atoms with van der Waals surface area (Å²) in [4.78, 5) is 40.9. The summed E-state index contributed by atoms with van der Waals surface area (Å²) in [5, 5.41) is 10.4. The Kier molecular flexibility index (Phi) is 7.49. The number of Topliss-reactive ketones (excluding diaryl/α,β-unsaturated/α-hetero) is 1. The van der Waals surface area contributed by atoms with Gasteiger partial charge >= 0.3 is 11.9 Å². The van der Waals surface area contributed by atoms with E-state index in [1.54, 1.807) is 11.8 Å². The molecule has 1 aliphatic heterocycles. The minimum atomic E-state index is -1.79. The number of carboxylic acids is 1. The molecule has 2 fully saturated rings. The molecule has 0 aromatic heterocycles. The highest BCUT2D eigenvalue weighted by atomic mass is 16.5. The normalized spacial score (nSPS) is 27.8. The van der Waals surface area contributed by atoms with Crippen LogP contribution in [0.25, 0.3) is 0 Å². The number of hydrogen-bond donors (Lipinski definition) is 2. The lowest BCUT2D eigenvalue weighted by atomic mass is 9.80. The molecule has 170 valence electrons. The van der Waals surface area contributed by atoms with E-state index in [0.717, 1.165) is 31.2 Å². The lowest BCUT2D eigenvalue weighted by Crippen LogP contribution is -2.66. The fourth-order valence-electron chi connectivity index (χ4n) is 5.52. The minimum Gasteiger partial charge on any atom is -0.480 e. The predicted octanol–water partition coefficient (Wildman–Crippen LogP) is 2.56. The summed E-state index contributed by atoms with van der Waals surface area (Å²) >= 11 is 0.